The van der Waals surface area contributed by atoms with Crippen LogP contribution in [-0.4, -0.2) is 12.7 Å². The number of ether oxygens (including phenoxy) is 1. The van der Waals surface area contributed by atoms with Gasteiger partial charge in [-0.2, -0.15) is 0 Å². The molecule has 0 aromatic carbocycles. The van der Waals surface area contributed by atoms with Crippen LogP contribution in [0.15, 0.2) is 11.6 Å². The van der Waals surface area contributed by atoms with Gasteiger partial charge in [-0.3, -0.25) is 0 Å². The molecule has 0 amide bonds. The zero-order valence-corrected chi connectivity index (χ0v) is 12.3. The molecule has 17 heavy (non-hydrogen) atoms. The van der Waals surface area contributed by atoms with Crippen molar-refractivity contribution < 1.29 is 4.74 Å². The lowest BCUT2D eigenvalue weighted by Gasteiger charge is -2.30. The Hall–Kier alpha value is -0.300. The fraction of sp³-hybridized carbons (Fsp3) is 0.875. The van der Waals surface area contributed by atoms with E-state index in [0.29, 0.717) is 17.9 Å². The Labute approximate surface area is 108 Å². The molecule has 1 aliphatic rings. The predicted octanol–water partition coefficient (Wildman–Crippen LogP) is 4.82. The minimum absolute atomic E-state index is 0.378. The van der Waals surface area contributed by atoms with E-state index < -0.39 is 0 Å². The Kier molecular flexibility index (Phi) is 6.26. The van der Waals surface area contributed by atoms with E-state index in [0.717, 1.165) is 12.5 Å². The molecule has 4 atom stereocenters. The molecule has 1 aliphatic heterocycles. The molecule has 1 heteroatoms. The Morgan fingerprint density at radius 3 is 2.71 bits per heavy atom. The van der Waals surface area contributed by atoms with Crippen LogP contribution in [-0.2, 0) is 4.74 Å². The lowest BCUT2D eigenvalue weighted by Crippen LogP contribution is -2.28. The van der Waals surface area contributed by atoms with Gasteiger partial charge in [-0.1, -0.05) is 40.2 Å². The predicted molar refractivity (Wildman–Crippen MR) is 75.1 cm³/mol. The molecule has 0 unspecified atom stereocenters. The molecule has 1 rings (SSSR count). The van der Waals surface area contributed by atoms with Crippen molar-refractivity contribution in [3.05, 3.63) is 11.6 Å². The van der Waals surface area contributed by atoms with Crippen LogP contribution in [0.25, 0.3) is 0 Å². The number of hydrogen-bond donors (Lipinski definition) is 0. The first-order valence-corrected chi connectivity index (χ1v) is 7.34. The van der Waals surface area contributed by atoms with E-state index >= 15 is 0 Å². The SMILES string of the molecule is CC[C@@H](C)C[C@@H](C)/C=C(\C)[C@@H]1OCCC[C@H]1C. The van der Waals surface area contributed by atoms with Crippen molar-refractivity contribution in [2.75, 3.05) is 6.61 Å². The van der Waals surface area contributed by atoms with E-state index in [1.165, 1.54) is 31.3 Å². The second-order valence-electron chi connectivity index (χ2n) is 6.05. The third kappa shape index (κ3) is 4.83. The zero-order valence-electron chi connectivity index (χ0n) is 12.3. The van der Waals surface area contributed by atoms with E-state index in [9.17, 15) is 0 Å². The van der Waals surface area contributed by atoms with Gasteiger partial charge in [-0.25, -0.2) is 0 Å². The molecule has 1 nitrogen and oxygen atoms in total. The quantitative estimate of drug-likeness (QED) is 0.624. The zero-order chi connectivity index (χ0) is 12.8. The maximum atomic E-state index is 5.92. The first-order valence-electron chi connectivity index (χ1n) is 7.34. The van der Waals surface area contributed by atoms with Gasteiger partial charge in [0.05, 0.1) is 6.10 Å². The Balaban J connectivity index is 2.51. The summed E-state index contributed by atoms with van der Waals surface area (Å²) in [6.45, 7) is 12.5. The van der Waals surface area contributed by atoms with Crippen molar-refractivity contribution in [3.63, 3.8) is 0 Å². The summed E-state index contributed by atoms with van der Waals surface area (Å²) in [5, 5.41) is 0. The van der Waals surface area contributed by atoms with E-state index in [1.54, 1.807) is 0 Å². The molecule has 0 aromatic heterocycles. The first kappa shape index (κ1) is 14.8. The van der Waals surface area contributed by atoms with Crippen LogP contribution in [0.3, 0.4) is 0 Å². The van der Waals surface area contributed by atoms with Crippen LogP contribution in [0, 0.1) is 17.8 Å². The van der Waals surface area contributed by atoms with Crippen LogP contribution in [0.2, 0.25) is 0 Å². The van der Waals surface area contributed by atoms with Gasteiger partial charge in [0.15, 0.2) is 0 Å². The summed E-state index contributed by atoms with van der Waals surface area (Å²) in [6.07, 6.45) is 7.95. The van der Waals surface area contributed by atoms with Gasteiger partial charge in [0, 0.05) is 6.61 Å². The molecule has 1 heterocycles. The van der Waals surface area contributed by atoms with Crippen LogP contribution < -0.4 is 0 Å². The number of rotatable bonds is 5. The summed E-state index contributed by atoms with van der Waals surface area (Å²) in [5.74, 6) is 2.21. The topological polar surface area (TPSA) is 9.23 Å². The highest BCUT2D eigenvalue weighted by Crippen LogP contribution is 2.27. The summed E-state index contributed by atoms with van der Waals surface area (Å²) in [5.41, 5.74) is 1.45. The third-order valence-corrected chi connectivity index (χ3v) is 4.09. The fourth-order valence-electron chi connectivity index (χ4n) is 2.92. The second kappa shape index (κ2) is 7.20. The van der Waals surface area contributed by atoms with E-state index in [2.05, 4.69) is 40.7 Å². The van der Waals surface area contributed by atoms with Crippen molar-refractivity contribution in [3.8, 4) is 0 Å². The molecule has 0 radical (unpaired) electrons. The average molecular weight is 238 g/mol. The average Bonchev–Trinajstić information content (AvgIpc) is 2.29. The van der Waals surface area contributed by atoms with Crippen LogP contribution >= 0.6 is 0 Å². The number of hydrogen-bond acceptors (Lipinski definition) is 1. The number of allylic oxidation sites excluding steroid dienone is 1. The van der Waals surface area contributed by atoms with Crippen molar-refractivity contribution in [2.45, 2.75) is 66.4 Å². The molecule has 0 spiro atoms. The van der Waals surface area contributed by atoms with E-state index in [1.807, 2.05) is 0 Å². The largest absolute Gasteiger partial charge is 0.374 e. The molecule has 100 valence electrons. The summed E-state index contributed by atoms with van der Waals surface area (Å²) in [6, 6.07) is 0. The highest BCUT2D eigenvalue weighted by molar-refractivity contribution is 5.09. The maximum Gasteiger partial charge on any atom is 0.0807 e. The molecule has 0 N–H and O–H groups in total. The van der Waals surface area contributed by atoms with Gasteiger partial charge in [-0.05, 0) is 49.5 Å². The molecular formula is C16H30O. The second-order valence-corrected chi connectivity index (χ2v) is 6.05. The highest BCUT2D eigenvalue weighted by Gasteiger charge is 2.23. The molecule has 0 aliphatic carbocycles. The van der Waals surface area contributed by atoms with Crippen LogP contribution in [0.5, 0.6) is 0 Å². The molecule has 0 bridgehead atoms. The van der Waals surface area contributed by atoms with Gasteiger partial charge in [-0.15, -0.1) is 0 Å². The highest BCUT2D eigenvalue weighted by atomic mass is 16.5. The monoisotopic (exact) mass is 238 g/mol. The minimum Gasteiger partial charge on any atom is -0.374 e. The fourth-order valence-corrected chi connectivity index (χ4v) is 2.92. The Morgan fingerprint density at radius 1 is 1.41 bits per heavy atom. The third-order valence-electron chi connectivity index (χ3n) is 4.09. The Bertz CT molecular complexity index is 244. The lowest BCUT2D eigenvalue weighted by molar-refractivity contribution is 0.00272. The molecule has 0 aromatic rings. The summed E-state index contributed by atoms with van der Waals surface area (Å²) in [4.78, 5) is 0. The van der Waals surface area contributed by atoms with Gasteiger partial charge >= 0.3 is 0 Å². The smallest absolute Gasteiger partial charge is 0.0807 e. The first-order chi connectivity index (χ1) is 8.04. The van der Waals surface area contributed by atoms with Crippen molar-refractivity contribution in [1.82, 2.24) is 0 Å². The Morgan fingerprint density at radius 2 is 2.12 bits per heavy atom. The molecule has 1 saturated heterocycles. The normalized spacial score (nSPS) is 30.1. The van der Waals surface area contributed by atoms with E-state index in [4.69, 9.17) is 4.74 Å². The lowest BCUT2D eigenvalue weighted by atomic mass is 9.88. The molecular weight excluding hydrogens is 208 g/mol. The van der Waals surface area contributed by atoms with Crippen molar-refractivity contribution in [1.29, 1.82) is 0 Å². The summed E-state index contributed by atoms with van der Waals surface area (Å²) in [7, 11) is 0. The van der Waals surface area contributed by atoms with Crippen molar-refractivity contribution in [2.24, 2.45) is 17.8 Å². The van der Waals surface area contributed by atoms with Gasteiger partial charge in [0.25, 0.3) is 0 Å². The summed E-state index contributed by atoms with van der Waals surface area (Å²) >= 11 is 0. The van der Waals surface area contributed by atoms with Crippen molar-refractivity contribution >= 4 is 0 Å². The van der Waals surface area contributed by atoms with E-state index in [-0.39, 0.29) is 0 Å². The minimum atomic E-state index is 0.378. The van der Waals surface area contributed by atoms with Gasteiger partial charge in [0.2, 0.25) is 0 Å². The van der Waals surface area contributed by atoms with Gasteiger partial charge < -0.3 is 4.74 Å². The van der Waals surface area contributed by atoms with Crippen LogP contribution in [0.4, 0.5) is 0 Å². The maximum absolute atomic E-state index is 5.92. The van der Waals surface area contributed by atoms with Crippen LogP contribution in [0.1, 0.15) is 60.3 Å². The van der Waals surface area contributed by atoms with Gasteiger partial charge in [0.1, 0.15) is 0 Å². The molecule has 0 saturated carbocycles. The summed E-state index contributed by atoms with van der Waals surface area (Å²) < 4.78 is 5.92. The standard InChI is InChI=1S/C16H30O/c1-6-12(2)10-13(3)11-15(5)16-14(4)8-7-9-17-16/h11-14,16H,6-10H2,1-5H3/b15-11+/t12-,13-,14-,16-/m1/s1. The molecule has 1 fully saturated rings.